The van der Waals surface area contributed by atoms with Gasteiger partial charge in [0.1, 0.15) is 0 Å². The van der Waals surface area contributed by atoms with Gasteiger partial charge in [-0.2, -0.15) is 13.2 Å². The van der Waals surface area contributed by atoms with Crippen molar-refractivity contribution in [2.24, 2.45) is 0 Å². The summed E-state index contributed by atoms with van der Waals surface area (Å²) in [6.07, 6.45) is -2.67. The van der Waals surface area contributed by atoms with Crippen LogP contribution in [0.2, 0.25) is 0 Å². The molecule has 0 aliphatic rings. The third kappa shape index (κ3) is 3.32. The predicted octanol–water partition coefficient (Wildman–Crippen LogP) is 3.49. The molecule has 0 radical (unpaired) electrons. The minimum Gasteiger partial charge on any atom is -0.316 e. The minimum absolute atomic E-state index is 0.464. The lowest BCUT2D eigenvalue weighted by molar-refractivity contribution is -0.137. The van der Waals surface area contributed by atoms with Crippen molar-refractivity contribution in [1.29, 1.82) is 0 Å². The Labute approximate surface area is 109 Å². The van der Waals surface area contributed by atoms with Gasteiger partial charge < -0.3 is 5.32 Å². The van der Waals surface area contributed by atoms with Crippen molar-refractivity contribution in [3.8, 4) is 11.3 Å². The largest absolute Gasteiger partial charge is 0.416 e. The zero-order chi connectivity index (χ0) is 13.9. The van der Waals surface area contributed by atoms with E-state index in [-0.39, 0.29) is 0 Å². The number of nitrogens with one attached hydrogen (secondary N) is 1. The van der Waals surface area contributed by atoms with Gasteiger partial charge in [-0.05, 0) is 30.8 Å². The molecule has 1 aromatic carbocycles. The van der Waals surface area contributed by atoms with Gasteiger partial charge in [-0.3, -0.25) is 4.98 Å². The molecule has 19 heavy (non-hydrogen) atoms. The molecule has 0 spiro atoms. The lowest BCUT2D eigenvalue weighted by atomic mass is 10.1. The Morgan fingerprint density at radius 2 is 1.95 bits per heavy atom. The molecule has 0 atom stereocenters. The molecule has 0 aliphatic heterocycles. The number of aromatic nitrogens is 1. The van der Waals surface area contributed by atoms with Crippen LogP contribution in [0.5, 0.6) is 0 Å². The SMILES string of the molecule is CNCc1ccc(-c2cccc(C(F)(F)F)c2)nc1. The predicted molar refractivity (Wildman–Crippen MR) is 67.4 cm³/mol. The van der Waals surface area contributed by atoms with Gasteiger partial charge in [-0.15, -0.1) is 0 Å². The van der Waals surface area contributed by atoms with Crippen molar-refractivity contribution in [2.45, 2.75) is 12.7 Å². The van der Waals surface area contributed by atoms with Crippen LogP contribution in [0.4, 0.5) is 13.2 Å². The molecule has 2 rings (SSSR count). The number of nitrogens with zero attached hydrogens (tertiary/aromatic N) is 1. The van der Waals surface area contributed by atoms with E-state index >= 15 is 0 Å². The molecule has 2 nitrogen and oxygen atoms in total. The molecule has 5 heteroatoms. The first-order valence-electron chi connectivity index (χ1n) is 5.78. The van der Waals surface area contributed by atoms with Gasteiger partial charge in [0.05, 0.1) is 11.3 Å². The molecule has 0 unspecified atom stereocenters. The van der Waals surface area contributed by atoms with Gasteiger partial charge >= 0.3 is 6.18 Å². The van der Waals surface area contributed by atoms with Crippen LogP contribution in [-0.4, -0.2) is 12.0 Å². The van der Waals surface area contributed by atoms with E-state index in [0.29, 0.717) is 17.8 Å². The van der Waals surface area contributed by atoms with E-state index in [1.165, 1.54) is 6.07 Å². The van der Waals surface area contributed by atoms with E-state index in [0.717, 1.165) is 17.7 Å². The van der Waals surface area contributed by atoms with Gasteiger partial charge in [-0.25, -0.2) is 0 Å². The van der Waals surface area contributed by atoms with Crippen LogP contribution >= 0.6 is 0 Å². The van der Waals surface area contributed by atoms with Crippen molar-refractivity contribution in [1.82, 2.24) is 10.3 Å². The Morgan fingerprint density at radius 3 is 2.53 bits per heavy atom. The first-order valence-corrected chi connectivity index (χ1v) is 5.78. The summed E-state index contributed by atoms with van der Waals surface area (Å²) >= 11 is 0. The average Bonchev–Trinajstić information content (AvgIpc) is 2.39. The van der Waals surface area contributed by atoms with E-state index in [2.05, 4.69) is 10.3 Å². The van der Waals surface area contributed by atoms with Gasteiger partial charge in [0.15, 0.2) is 0 Å². The lowest BCUT2D eigenvalue weighted by Gasteiger charge is -2.08. The molecule has 2 aromatic rings. The molecule has 0 saturated heterocycles. The number of rotatable bonds is 3. The average molecular weight is 266 g/mol. The maximum absolute atomic E-state index is 12.6. The molecule has 0 fully saturated rings. The molecule has 1 heterocycles. The van der Waals surface area contributed by atoms with E-state index < -0.39 is 11.7 Å². The van der Waals surface area contributed by atoms with Crippen LogP contribution in [-0.2, 0) is 12.7 Å². The third-order valence-corrected chi connectivity index (χ3v) is 2.69. The highest BCUT2D eigenvalue weighted by molar-refractivity contribution is 5.60. The second-order valence-electron chi connectivity index (χ2n) is 4.16. The number of hydrogen-bond donors (Lipinski definition) is 1. The lowest BCUT2D eigenvalue weighted by Crippen LogP contribution is -2.05. The fraction of sp³-hybridized carbons (Fsp3) is 0.214. The number of pyridine rings is 1. The monoisotopic (exact) mass is 266 g/mol. The summed E-state index contributed by atoms with van der Waals surface area (Å²) in [6.45, 7) is 0.676. The van der Waals surface area contributed by atoms with Crippen LogP contribution in [0, 0.1) is 0 Å². The Bertz CT molecular complexity index is 547. The maximum Gasteiger partial charge on any atom is 0.416 e. The molecule has 0 bridgehead atoms. The number of alkyl halides is 3. The summed E-state index contributed by atoms with van der Waals surface area (Å²) in [5, 5.41) is 2.98. The summed E-state index contributed by atoms with van der Waals surface area (Å²) < 4.78 is 37.9. The van der Waals surface area contributed by atoms with Crippen molar-refractivity contribution in [2.75, 3.05) is 7.05 Å². The second-order valence-corrected chi connectivity index (χ2v) is 4.16. The summed E-state index contributed by atoms with van der Waals surface area (Å²) in [6, 6.07) is 8.75. The summed E-state index contributed by atoms with van der Waals surface area (Å²) in [4.78, 5) is 4.18. The number of benzene rings is 1. The van der Waals surface area contributed by atoms with Crippen LogP contribution in [0.1, 0.15) is 11.1 Å². The number of hydrogen-bond acceptors (Lipinski definition) is 2. The summed E-state index contributed by atoms with van der Waals surface area (Å²) in [5.41, 5.74) is 1.32. The molecule has 1 N–H and O–H groups in total. The Balaban J connectivity index is 2.31. The molecular formula is C14H13F3N2. The van der Waals surface area contributed by atoms with E-state index in [4.69, 9.17) is 0 Å². The maximum atomic E-state index is 12.6. The molecule has 100 valence electrons. The van der Waals surface area contributed by atoms with Gasteiger partial charge in [0, 0.05) is 18.3 Å². The minimum atomic E-state index is -4.33. The summed E-state index contributed by atoms with van der Waals surface area (Å²) in [5.74, 6) is 0. The first kappa shape index (κ1) is 13.5. The first-order chi connectivity index (χ1) is 9.00. The Morgan fingerprint density at radius 1 is 1.16 bits per heavy atom. The molecule has 0 aliphatic carbocycles. The van der Waals surface area contributed by atoms with Crippen molar-refractivity contribution < 1.29 is 13.2 Å². The van der Waals surface area contributed by atoms with Gasteiger partial charge in [0.2, 0.25) is 0 Å². The van der Waals surface area contributed by atoms with E-state index in [1.54, 1.807) is 18.3 Å². The van der Waals surface area contributed by atoms with Crippen LogP contribution in [0.3, 0.4) is 0 Å². The Hall–Kier alpha value is -1.88. The fourth-order valence-electron chi connectivity index (χ4n) is 1.76. The standard InChI is InChI=1S/C14H13F3N2/c1-18-8-10-5-6-13(19-9-10)11-3-2-4-12(7-11)14(15,16)17/h2-7,9,18H,8H2,1H3. The smallest absolute Gasteiger partial charge is 0.316 e. The fourth-order valence-corrected chi connectivity index (χ4v) is 1.76. The van der Waals surface area contributed by atoms with Crippen LogP contribution in [0.25, 0.3) is 11.3 Å². The highest BCUT2D eigenvalue weighted by atomic mass is 19.4. The second kappa shape index (κ2) is 5.40. The van der Waals surface area contributed by atoms with Crippen molar-refractivity contribution >= 4 is 0 Å². The summed E-state index contributed by atoms with van der Waals surface area (Å²) in [7, 11) is 1.82. The highest BCUT2D eigenvalue weighted by Gasteiger charge is 2.30. The Kier molecular flexibility index (Phi) is 3.85. The van der Waals surface area contributed by atoms with Crippen LogP contribution in [0.15, 0.2) is 42.6 Å². The zero-order valence-corrected chi connectivity index (χ0v) is 10.3. The molecular weight excluding hydrogens is 253 g/mol. The van der Waals surface area contributed by atoms with Gasteiger partial charge in [0.25, 0.3) is 0 Å². The van der Waals surface area contributed by atoms with Crippen LogP contribution < -0.4 is 5.32 Å². The quantitative estimate of drug-likeness (QED) is 0.919. The topological polar surface area (TPSA) is 24.9 Å². The van der Waals surface area contributed by atoms with Gasteiger partial charge in [-0.1, -0.05) is 18.2 Å². The molecule has 0 amide bonds. The van der Waals surface area contributed by atoms with E-state index in [9.17, 15) is 13.2 Å². The highest BCUT2D eigenvalue weighted by Crippen LogP contribution is 2.31. The van der Waals surface area contributed by atoms with E-state index in [1.807, 2.05) is 13.1 Å². The normalized spacial score (nSPS) is 11.6. The molecule has 0 saturated carbocycles. The zero-order valence-electron chi connectivity index (χ0n) is 10.3. The van der Waals surface area contributed by atoms with Crippen molar-refractivity contribution in [3.05, 3.63) is 53.7 Å². The number of halogens is 3. The third-order valence-electron chi connectivity index (χ3n) is 2.69. The van der Waals surface area contributed by atoms with Crippen molar-refractivity contribution in [3.63, 3.8) is 0 Å². The molecule has 1 aromatic heterocycles.